The maximum atomic E-state index is 13.0. The predicted molar refractivity (Wildman–Crippen MR) is 118 cm³/mol. The monoisotopic (exact) mass is 479 g/mol. The fourth-order valence-electron chi connectivity index (χ4n) is 4.34. The van der Waals surface area contributed by atoms with Gasteiger partial charge in [-0.05, 0) is 32.7 Å². The van der Waals surface area contributed by atoms with Crippen molar-refractivity contribution < 1.29 is 39.9 Å². The van der Waals surface area contributed by atoms with Gasteiger partial charge in [0, 0.05) is 12.3 Å². The molecule has 2 saturated heterocycles. The highest BCUT2D eigenvalue weighted by molar-refractivity contribution is 7.99. The third-order valence-corrected chi connectivity index (χ3v) is 7.45. The smallest absolute Gasteiger partial charge is 0.321 e. The fourth-order valence-corrected chi connectivity index (χ4v) is 5.45. The maximum absolute atomic E-state index is 13.0. The molecule has 186 valence electrons. The zero-order valence-electron chi connectivity index (χ0n) is 18.7. The molecule has 2 heterocycles. The molecular formula is C20H37N3O8S. The molecule has 0 aromatic rings. The van der Waals surface area contributed by atoms with E-state index in [9.17, 15) is 30.0 Å². The first-order valence-corrected chi connectivity index (χ1v) is 12.0. The normalized spacial score (nSPS) is 36.4. The van der Waals surface area contributed by atoms with E-state index in [2.05, 4.69) is 12.2 Å². The first-order chi connectivity index (χ1) is 15.0. The van der Waals surface area contributed by atoms with Gasteiger partial charge in [-0.1, -0.05) is 13.3 Å². The van der Waals surface area contributed by atoms with Gasteiger partial charge >= 0.3 is 5.97 Å². The molecule has 2 rings (SSSR count). The number of carbonyl (C=O) groups is 2. The van der Waals surface area contributed by atoms with Crippen molar-refractivity contribution in [1.29, 1.82) is 0 Å². The Hall–Kier alpha value is -0.990. The van der Waals surface area contributed by atoms with Gasteiger partial charge in [0.25, 0.3) is 0 Å². The van der Waals surface area contributed by atoms with Gasteiger partial charge in [-0.25, -0.2) is 0 Å². The van der Waals surface area contributed by atoms with Crippen LogP contribution in [-0.2, 0) is 14.3 Å². The van der Waals surface area contributed by atoms with E-state index in [1.165, 1.54) is 6.92 Å². The van der Waals surface area contributed by atoms with Crippen LogP contribution in [0.15, 0.2) is 0 Å². The van der Waals surface area contributed by atoms with E-state index < -0.39 is 54.0 Å². The summed E-state index contributed by atoms with van der Waals surface area (Å²) in [6.07, 6.45) is -4.34. The van der Waals surface area contributed by atoms with Gasteiger partial charge in [-0.3, -0.25) is 14.5 Å². The highest BCUT2D eigenvalue weighted by atomic mass is 32.2. The van der Waals surface area contributed by atoms with E-state index in [1.54, 1.807) is 0 Å². The van der Waals surface area contributed by atoms with E-state index in [-0.39, 0.29) is 17.7 Å². The summed E-state index contributed by atoms with van der Waals surface area (Å²) in [5, 5.41) is 53.1. The molecule has 2 aliphatic heterocycles. The van der Waals surface area contributed by atoms with Crippen LogP contribution in [0.4, 0.5) is 0 Å². The average Bonchev–Trinajstić information content (AvgIpc) is 3.10. The number of aliphatic hydroxyl groups is 4. The van der Waals surface area contributed by atoms with Crippen LogP contribution >= 0.6 is 11.8 Å². The number of thioether (sulfide) groups is 1. The number of rotatable bonds is 10. The van der Waals surface area contributed by atoms with Crippen molar-refractivity contribution in [2.24, 2.45) is 11.7 Å². The number of aliphatic hydroxyl groups excluding tert-OH is 4. The number of ether oxygens (including phenoxy) is 1. The van der Waals surface area contributed by atoms with E-state index in [0.717, 1.165) is 31.1 Å². The summed E-state index contributed by atoms with van der Waals surface area (Å²) >= 11 is 0.879. The summed E-state index contributed by atoms with van der Waals surface area (Å²) in [6, 6.07) is -2.66. The van der Waals surface area contributed by atoms with Crippen LogP contribution in [0, 0.1) is 5.92 Å². The van der Waals surface area contributed by atoms with Crippen molar-refractivity contribution in [3.63, 3.8) is 0 Å². The number of carboxylic acid groups (broad SMARTS) is 1. The Morgan fingerprint density at radius 1 is 1.25 bits per heavy atom. The zero-order chi connectivity index (χ0) is 24.2. The molecule has 2 fully saturated rings. The number of aliphatic carboxylic acids is 1. The van der Waals surface area contributed by atoms with Crippen LogP contribution in [0.1, 0.15) is 33.1 Å². The Balaban J connectivity index is 2.11. The van der Waals surface area contributed by atoms with Crippen molar-refractivity contribution in [3.8, 4) is 0 Å². The second kappa shape index (κ2) is 11.9. The summed E-state index contributed by atoms with van der Waals surface area (Å²) in [5.41, 5.74) is 4.39. The summed E-state index contributed by atoms with van der Waals surface area (Å²) < 4.78 is 5.75. The number of amides is 1. The van der Waals surface area contributed by atoms with Crippen LogP contribution in [-0.4, -0.2) is 116 Å². The molecule has 2 aliphatic rings. The van der Waals surface area contributed by atoms with E-state index >= 15 is 0 Å². The molecule has 0 aromatic carbocycles. The average molecular weight is 480 g/mol. The quantitative estimate of drug-likeness (QED) is 0.182. The number of nitrogens with two attached hydrogens (primary N) is 1. The van der Waals surface area contributed by atoms with Crippen LogP contribution < -0.4 is 11.1 Å². The largest absolute Gasteiger partial charge is 0.480 e. The minimum Gasteiger partial charge on any atom is -0.480 e. The summed E-state index contributed by atoms with van der Waals surface area (Å²) in [5.74, 6) is -1.25. The van der Waals surface area contributed by atoms with Crippen molar-refractivity contribution in [3.05, 3.63) is 0 Å². The Morgan fingerprint density at radius 3 is 2.47 bits per heavy atom. The molecule has 12 heteroatoms. The minimum absolute atomic E-state index is 0.107. The molecule has 0 radical (unpaired) electrons. The second-order valence-electron chi connectivity index (χ2n) is 8.84. The lowest BCUT2D eigenvalue weighted by Crippen LogP contribution is -2.65. The number of nitrogens with one attached hydrogen (secondary N) is 1. The molecule has 0 bridgehead atoms. The first-order valence-electron chi connectivity index (χ1n) is 11.0. The molecule has 0 aromatic heterocycles. The number of likely N-dealkylation sites (N-methyl/N-ethyl adjacent to an activating group) is 1. The number of likely N-dealkylation sites (tertiary alicyclic amines) is 1. The van der Waals surface area contributed by atoms with Crippen LogP contribution in [0.3, 0.4) is 0 Å². The van der Waals surface area contributed by atoms with Crippen LogP contribution in [0.2, 0.25) is 0 Å². The number of carboxylic acids is 1. The predicted octanol–water partition coefficient (Wildman–Crippen LogP) is -2.07. The molecule has 0 saturated carbocycles. The lowest BCUT2D eigenvalue weighted by molar-refractivity contribution is -0.211. The molecule has 1 amide bonds. The van der Waals surface area contributed by atoms with E-state index in [0.29, 0.717) is 12.3 Å². The Kier molecular flexibility index (Phi) is 10.2. The zero-order valence-corrected chi connectivity index (χ0v) is 19.5. The van der Waals surface area contributed by atoms with E-state index in [4.69, 9.17) is 15.6 Å². The molecular weight excluding hydrogens is 442 g/mol. The lowest BCUT2D eigenvalue weighted by atomic mass is 9.92. The van der Waals surface area contributed by atoms with Crippen LogP contribution in [0.25, 0.3) is 0 Å². The standard InChI is InChI=1S/C20H37N3O8S/c1-4-5-10-6-12(23(3)7-10)18(28)22-13(9(2)24)17-15(26)14(25)16(27)20(31-17)32-8-11(21)19(29)30/h9-17,20,24-27H,4-8,21H2,1-3H3,(H,22,28)(H,29,30)/t9-,10-,11+,12+,13-,14+,15-,16-,17-,20-/m1/s1. The highest BCUT2D eigenvalue weighted by Crippen LogP contribution is 2.31. The van der Waals surface area contributed by atoms with Gasteiger partial charge in [0.2, 0.25) is 5.91 Å². The maximum Gasteiger partial charge on any atom is 0.321 e. The van der Waals surface area contributed by atoms with Crippen LogP contribution in [0.5, 0.6) is 0 Å². The lowest BCUT2D eigenvalue weighted by Gasteiger charge is -2.44. The van der Waals surface area contributed by atoms with Gasteiger partial charge in [-0.15, -0.1) is 11.8 Å². The molecule has 32 heavy (non-hydrogen) atoms. The highest BCUT2D eigenvalue weighted by Gasteiger charge is 2.49. The van der Waals surface area contributed by atoms with E-state index in [1.807, 2.05) is 11.9 Å². The van der Waals surface area contributed by atoms with Crippen molar-refractivity contribution in [2.45, 2.75) is 87.2 Å². The SMILES string of the molecule is CCC[C@@H]1C[C@@H](C(=O)N[C@@H]([C@H]2O[C@H](SC[C@H](N)C(=O)O)[C@H](O)[C@@H](O)[C@H]2O)[C@@H](C)O)N(C)C1. The summed E-state index contributed by atoms with van der Waals surface area (Å²) in [4.78, 5) is 25.9. The first kappa shape index (κ1) is 27.3. The fraction of sp³-hybridized carbons (Fsp3) is 0.900. The van der Waals surface area contributed by atoms with Gasteiger partial charge in [-0.2, -0.15) is 0 Å². The Bertz CT molecular complexity index is 642. The molecule has 11 nitrogen and oxygen atoms in total. The topological polar surface area (TPSA) is 186 Å². The molecule has 0 unspecified atom stereocenters. The Morgan fingerprint density at radius 2 is 1.91 bits per heavy atom. The van der Waals surface area contributed by atoms with Gasteiger partial charge in [0.15, 0.2) is 0 Å². The number of nitrogens with zero attached hydrogens (tertiary/aromatic N) is 1. The minimum atomic E-state index is -1.62. The second-order valence-corrected chi connectivity index (χ2v) is 9.97. The van der Waals surface area contributed by atoms with Crippen molar-refractivity contribution in [1.82, 2.24) is 10.2 Å². The van der Waals surface area contributed by atoms with Gasteiger partial charge in [0.05, 0.1) is 18.2 Å². The Labute approximate surface area is 192 Å². The molecule has 8 N–H and O–H groups in total. The van der Waals surface area contributed by atoms with Crippen molar-refractivity contribution in [2.75, 3.05) is 19.3 Å². The molecule has 0 aliphatic carbocycles. The number of hydrogen-bond donors (Lipinski definition) is 7. The number of hydrogen-bond acceptors (Lipinski definition) is 10. The van der Waals surface area contributed by atoms with Gasteiger partial charge in [0.1, 0.15) is 35.9 Å². The molecule has 10 atom stereocenters. The summed E-state index contributed by atoms with van der Waals surface area (Å²) in [6.45, 7) is 4.32. The number of carbonyl (C=O) groups excluding carboxylic acids is 1. The third kappa shape index (κ3) is 6.54. The van der Waals surface area contributed by atoms with Crippen molar-refractivity contribution >= 4 is 23.6 Å². The summed E-state index contributed by atoms with van der Waals surface area (Å²) in [7, 11) is 1.86. The van der Waals surface area contributed by atoms with Gasteiger partial charge < -0.3 is 41.3 Å². The molecule has 0 spiro atoms. The third-order valence-electron chi connectivity index (χ3n) is 6.18.